The molecule has 1 aliphatic rings. The average Bonchev–Trinajstić information content (AvgIpc) is 3.42. The number of alkyl halides is 3. The number of nitrogens with zero attached hydrogens (tertiary/aromatic N) is 3. The summed E-state index contributed by atoms with van der Waals surface area (Å²) in [6.45, 7) is 1.45. The van der Waals surface area contributed by atoms with Gasteiger partial charge in [-0.2, -0.15) is 4.31 Å². The normalized spacial score (nSPS) is 16.0. The van der Waals surface area contributed by atoms with Crippen LogP contribution < -0.4 is 15.4 Å². The van der Waals surface area contributed by atoms with Crippen LogP contribution in [0.1, 0.15) is 30.2 Å². The van der Waals surface area contributed by atoms with E-state index >= 15 is 0 Å². The quantitative estimate of drug-likeness (QED) is 0.286. The number of thiazole rings is 1. The molecule has 11 nitrogen and oxygen atoms in total. The predicted molar refractivity (Wildman–Crippen MR) is 157 cm³/mol. The molecule has 2 heterocycles. The summed E-state index contributed by atoms with van der Waals surface area (Å²) in [4.78, 5) is 31.7. The Labute approximate surface area is 256 Å². The topological polar surface area (TPSA) is 141 Å². The third kappa shape index (κ3) is 8.68. The zero-order valence-electron chi connectivity index (χ0n) is 23.7. The number of hydrogen-bond acceptors (Lipinski definition) is 8. The van der Waals surface area contributed by atoms with Crippen LogP contribution in [0.4, 0.5) is 23.1 Å². The molecule has 1 saturated heterocycles. The molecule has 16 heteroatoms. The Morgan fingerprint density at radius 3 is 2.39 bits per heavy atom. The van der Waals surface area contributed by atoms with Gasteiger partial charge in [0.2, 0.25) is 15.9 Å². The van der Waals surface area contributed by atoms with E-state index < -0.39 is 40.1 Å². The summed E-state index contributed by atoms with van der Waals surface area (Å²) in [6, 6.07) is 9.38. The van der Waals surface area contributed by atoms with Gasteiger partial charge in [0.1, 0.15) is 11.8 Å². The number of piperazine rings is 1. The van der Waals surface area contributed by atoms with Crippen LogP contribution in [-0.2, 0) is 34.2 Å². The molecule has 0 radical (unpaired) electrons. The highest BCUT2D eigenvalue weighted by Gasteiger charge is 2.41. The van der Waals surface area contributed by atoms with E-state index in [0.29, 0.717) is 12.1 Å². The molecule has 3 aromatic rings. The number of aryl methyl sites for hydroxylation is 1. The molecule has 0 saturated carbocycles. The molecule has 3 N–H and O–H groups in total. The summed E-state index contributed by atoms with van der Waals surface area (Å²) >= 11 is 1.16. The maximum atomic E-state index is 13.6. The van der Waals surface area contributed by atoms with Crippen LogP contribution >= 0.6 is 11.3 Å². The number of halogens is 3. The van der Waals surface area contributed by atoms with E-state index in [9.17, 15) is 31.2 Å². The number of hydrogen-bond donors (Lipinski definition) is 3. The number of amides is 3. The Hall–Kier alpha value is -3.73. The van der Waals surface area contributed by atoms with Crippen LogP contribution in [0.5, 0.6) is 5.75 Å². The zero-order chi connectivity index (χ0) is 31.9. The number of sulfonamides is 1. The number of aromatic nitrogens is 1. The SMILES string of the molecule is CCCc1ccc(CNC(=O)[C@H]2CN(C(=O)Nc3nc(CCO)cs3)CCN2S(=O)(=O)c2ccc(OC(F)(F)F)cc2)cc1. The minimum atomic E-state index is -4.95. The molecule has 1 aliphatic heterocycles. The predicted octanol–water partition coefficient (Wildman–Crippen LogP) is 3.75. The minimum absolute atomic E-state index is 0.0716. The van der Waals surface area contributed by atoms with Crippen LogP contribution in [0, 0.1) is 0 Å². The van der Waals surface area contributed by atoms with Crippen molar-refractivity contribution in [3.8, 4) is 5.75 Å². The van der Waals surface area contributed by atoms with Crippen LogP contribution in [0.2, 0.25) is 0 Å². The standard InChI is InChI=1S/C28H32F3N5O6S2/c1-2-3-19-4-6-20(7-5-19)16-32-25(38)24-17-35(27(39)34-26-33-21(12-15-37)18-43-26)13-14-36(24)44(40,41)23-10-8-22(9-11-23)42-28(29,30)31/h4-11,18,24,37H,2-3,12-17H2,1H3,(H,32,38)(H,33,34,39)/t24-/m1/s1. The molecule has 0 unspecified atom stereocenters. The zero-order valence-corrected chi connectivity index (χ0v) is 25.3. The monoisotopic (exact) mass is 655 g/mol. The van der Waals surface area contributed by atoms with E-state index in [2.05, 4.69) is 27.3 Å². The highest BCUT2D eigenvalue weighted by molar-refractivity contribution is 7.89. The van der Waals surface area contributed by atoms with Gasteiger partial charge < -0.3 is 20.1 Å². The number of carbonyl (C=O) groups excluding carboxylic acids is 2. The van der Waals surface area contributed by atoms with Crippen molar-refractivity contribution in [1.29, 1.82) is 0 Å². The van der Waals surface area contributed by atoms with E-state index in [4.69, 9.17) is 5.11 Å². The van der Waals surface area contributed by atoms with Gasteiger partial charge in [-0.15, -0.1) is 24.5 Å². The summed E-state index contributed by atoms with van der Waals surface area (Å²) in [5.74, 6) is -1.25. The van der Waals surface area contributed by atoms with Crippen molar-refractivity contribution < 1.29 is 41.0 Å². The third-order valence-electron chi connectivity index (χ3n) is 6.75. The number of carbonyl (C=O) groups is 2. The summed E-state index contributed by atoms with van der Waals surface area (Å²) in [6.07, 6.45) is -2.74. The van der Waals surface area contributed by atoms with E-state index in [1.165, 1.54) is 4.90 Å². The van der Waals surface area contributed by atoms with Gasteiger partial charge >= 0.3 is 12.4 Å². The van der Waals surface area contributed by atoms with Gasteiger partial charge in [-0.1, -0.05) is 37.6 Å². The van der Waals surface area contributed by atoms with Crippen LogP contribution in [0.25, 0.3) is 0 Å². The highest BCUT2D eigenvalue weighted by Crippen LogP contribution is 2.27. The summed E-state index contributed by atoms with van der Waals surface area (Å²) in [7, 11) is -4.38. The number of nitrogens with one attached hydrogen (secondary N) is 2. The lowest BCUT2D eigenvalue weighted by atomic mass is 10.1. The van der Waals surface area contributed by atoms with Crippen molar-refractivity contribution in [3.05, 3.63) is 70.7 Å². The van der Waals surface area contributed by atoms with Crippen molar-refractivity contribution in [3.63, 3.8) is 0 Å². The van der Waals surface area contributed by atoms with Crippen molar-refractivity contribution in [2.75, 3.05) is 31.6 Å². The Morgan fingerprint density at radius 1 is 1.07 bits per heavy atom. The van der Waals surface area contributed by atoms with Gasteiger partial charge in [-0.25, -0.2) is 18.2 Å². The number of aliphatic hydroxyl groups excluding tert-OH is 1. The van der Waals surface area contributed by atoms with Crippen molar-refractivity contribution in [2.24, 2.45) is 0 Å². The van der Waals surface area contributed by atoms with Gasteiger partial charge in [0, 0.05) is 44.6 Å². The molecule has 3 amide bonds. The molecule has 1 fully saturated rings. The van der Waals surface area contributed by atoms with Crippen molar-refractivity contribution in [1.82, 2.24) is 19.5 Å². The fraction of sp³-hybridized carbons (Fsp3) is 0.393. The molecule has 44 heavy (non-hydrogen) atoms. The van der Waals surface area contributed by atoms with Crippen LogP contribution in [0.3, 0.4) is 0 Å². The van der Waals surface area contributed by atoms with E-state index in [1.807, 2.05) is 24.3 Å². The number of benzene rings is 2. The molecule has 1 atom stereocenters. The summed E-state index contributed by atoms with van der Waals surface area (Å²) < 4.78 is 69.8. The average molecular weight is 656 g/mol. The first-order valence-corrected chi connectivity index (χ1v) is 16.1. The molecule has 4 rings (SSSR count). The molecular formula is C28H32F3N5O6S2. The lowest BCUT2D eigenvalue weighted by Crippen LogP contribution is -2.61. The van der Waals surface area contributed by atoms with E-state index in [1.54, 1.807) is 5.38 Å². The van der Waals surface area contributed by atoms with E-state index in [0.717, 1.165) is 63.9 Å². The smallest absolute Gasteiger partial charge is 0.406 e. The van der Waals surface area contributed by atoms with E-state index in [-0.39, 0.29) is 42.8 Å². The lowest BCUT2D eigenvalue weighted by Gasteiger charge is -2.39. The Morgan fingerprint density at radius 2 is 1.75 bits per heavy atom. The van der Waals surface area contributed by atoms with Crippen LogP contribution in [0.15, 0.2) is 58.8 Å². The summed E-state index contributed by atoms with van der Waals surface area (Å²) in [5.41, 5.74) is 2.53. The maximum absolute atomic E-state index is 13.6. The highest BCUT2D eigenvalue weighted by atomic mass is 32.2. The molecule has 2 aromatic carbocycles. The van der Waals surface area contributed by atoms with Gasteiger partial charge in [0.25, 0.3) is 0 Å². The number of ether oxygens (including phenoxy) is 1. The molecular weight excluding hydrogens is 623 g/mol. The first-order chi connectivity index (χ1) is 20.9. The summed E-state index contributed by atoms with van der Waals surface area (Å²) in [5, 5.41) is 16.5. The van der Waals surface area contributed by atoms with Crippen LogP contribution in [-0.4, -0.2) is 78.3 Å². The van der Waals surface area contributed by atoms with Gasteiger partial charge in [-0.3, -0.25) is 10.1 Å². The number of urea groups is 1. The minimum Gasteiger partial charge on any atom is -0.406 e. The van der Waals surface area contributed by atoms with Crippen molar-refractivity contribution >= 4 is 38.4 Å². The number of rotatable bonds is 11. The first kappa shape index (κ1) is 33.2. The van der Waals surface area contributed by atoms with Gasteiger partial charge in [0.15, 0.2) is 5.13 Å². The van der Waals surface area contributed by atoms with Gasteiger partial charge in [-0.05, 0) is 41.8 Å². The van der Waals surface area contributed by atoms with Crippen molar-refractivity contribution in [2.45, 2.75) is 50.0 Å². The molecule has 0 bridgehead atoms. The Bertz CT molecular complexity index is 1530. The fourth-order valence-electron chi connectivity index (χ4n) is 4.58. The fourth-order valence-corrected chi connectivity index (χ4v) is 6.89. The lowest BCUT2D eigenvalue weighted by molar-refractivity contribution is -0.274. The maximum Gasteiger partial charge on any atom is 0.573 e. The third-order valence-corrected chi connectivity index (χ3v) is 9.48. The number of aliphatic hydroxyl groups is 1. The molecule has 0 aliphatic carbocycles. The second-order valence-electron chi connectivity index (χ2n) is 9.93. The molecule has 0 spiro atoms. The second-order valence-corrected chi connectivity index (χ2v) is 12.7. The molecule has 238 valence electrons. The largest absolute Gasteiger partial charge is 0.573 e. The second kappa shape index (κ2) is 14.4. The Balaban J connectivity index is 1.53. The molecule has 1 aromatic heterocycles. The first-order valence-electron chi connectivity index (χ1n) is 13.7. The number of anilines is 1. The Kier molecular flexibility index (Phi) is 10.8. The van der Waals surface area contributed by atoms with Gasteiger partial charge in [0.05, 0.1) is 10.6 Å².